The minimum absolute atomic E-state index is 0.0593. The zero-order valence-corrected chi connectivity index (χ0v) is 19.5. The minimum Gasteiger partial charge on any atom is -0.326 e. The van der Waals surface area contributed by atoms with Crippen LogP contribution in [-0.2, 0) is 9.59 Å². The second-order valence-corrected chi connectivity index (χ2v) is 9.52. The molecule has 3 aromatic rings. The van der Waals surface area contributed by atoms with Crippen LogP contribution in [0.15, 0.2) is 95.0 Å². The summed E-state index contributed by atoms with van der Waals surface area (Å²) in [5, 5.41) is 9.56. The fourth-order valence-corrected chi connectivity index (χ4v) is 5.11. The van der Waals surface area contributed by atoms with Gasteiger partial charge in [-0.05, 0) is 30.2 Å². The molecule has 1 N–H and O–H groups in total. The number of nitrogens with zero attached hydrogens (tertiary/aromatic N) is 3. The van der Waals surface area contributed by atoms with E-state index in [9.17, 15) is 9.59 Å². The van der Waals surface area contributed by atoms with Crippen LogP contribution in [0.5, 0.6) is 0 Å². The fraction of sp³-hybridized carbons (Fsp3) is 0.185. The molecule has 0 unspecified atom stereocenters. The third-order valence-electron chi connectivity index (χ3n) is 5.83. The number of nitrogens with one attached hydrogen (secondary N) is 1. The summed E-state index contributed by atoms with van der Waals surface area (Å²) in [6.07, 6.45) is 0.768. The average molecular weight is 469 g/mol. The first-order valence-electron chi connectivity index (χ1n) is 11.2. The molecule has 2 amide bonds. The largest absolute Gasteiger partial charge is 0.326 e. The van der Waals surface area contributed by atoms with Gasteiger partial charge in [0.15, 0.2) is 5.17 Å². The second-order valence-electron chi connectivity index (χ2n) is 8.35. The lowest BCUT2D eigenvalue weighted by atomic mass is 9.98. The lowest BCUT2D eigenvalue weighted by molar-refractivity contribution is -0.121. The molecule has 170 valence electrons. The number of benzene rings is 3. The van der Waals surface area contributed by atoms with E-state index in [1.54, 1.807) is 0 Å². The van der Waals surface area contributed by atoms with Crippen molar-refractivity contribution in [3.05, 3.63) is 102 Å². The molecule has 0 saturated carbocycles. The van der Waals surface area contributed by atoms with E-state index in [0.29, 0.717) is 17.3 Å². The van der Waals surface area contributed by atoms with Crippen molar-refractivity contribution in [2.45, 2.75) is 31.1 Å². The number of hydrazone groups is 1. The molecular weight excluding hydrogens is 444 g/mol. The number of rotatable bonds is 5. The number of hydrogen-bond acceptors (Lipinski definition) is 5. The maximum atomic E-state index is 12.7. The molecule has 0 aliphatic carbocycles. The van der Waals surface area contributed by atoms with Crippen molar-refractivity contribution >= 4 is 40.1 Å². The highest BCUT2D eigenvalue weighted by Crippen LogP contribution is 2.38. The number of thioether (sulfide) groups is 1. The van der Waals surface area contributed by atoms with E-state index in [0.717, 1.165) is 16.8 Å². The first-order chi connectivity index (χ1) is 16.6. The molecule has 2 aliphatic heterocycles. The van der Waals surface area contributed by atoms with Gasteiger partial charge in [0.25, 0.3) is 5.91 Å². The van der Waals surface area contributed by atoms with Gasteiger partial charge in [0, 0.05) is 18.5 Å². The highest BCUT2D eigenvalue weighted by Gasteiger charge is 2.39. The predicted molar refractivity (Wildman–Crippen MR) is 137 cm³/mol. The van der Waals surface area contributed by atoms with Crippen LogP contribution in [0.25, 0.3) is 0 Å². The van der Waals surface area contributed by atoms with Gasteiger partial charge in [-0.15, -0.1) is 0 Å². The van der Waals surface area contributed by atoms with Gasteiger partial charge in [0.05, 0.1) is 11.8 Å². The Morgan fingerprint density at radius 1 is 1.00 bits per heavy atom. The second kappa shape index (κ2) is 9.65. The summed E-state index contributed by atoms with van der Waals surface area (Å²) in [5.74, 6) is -0.507. The van der Waals surface area contributed by atoms with Gasteiger partial charge in [-0.3, -0.25) is 9.59 Å². The van der Waals surface area contributed by atoms with E-state index in [1.165, 1.54) is 17.3 Å². The molecule has 2 heterocycles. The van der Waals surface area contributed by atoms with Crippen LogP contribution >= 0.6 is 11.8 Å². The molecule has 0 fully saturated rings. The highest BCUT2D eigenvalue weighted by atomic mass is 32.2. The number of hydrogen-bond donors (Lipinski definition) is 1. The Labute approximate surface area is 202 Å². The maximum absolute atomic E-state index is 12.7. The molecule has 0 spiro atoms. The normalized spacial score (nSPS) is 19.7. The number of aliphatic imine (C=N–C) groups is 1. The first-order valence-corrected chi connectivity index (χ1v) is 12.1. The molecular formula is C27H24N4O2S. The summed E-state index contributed by atoms with van der Waals surface area (Å²) < 4.78 is 0. The summed E-state index contributed by atoms with van der Waals surface area (Å²) in [6, 6.07) is 27.6. The van der Waals surface area contributed by atoms with Gasteiger partial charge in [0.1, 0.15) is 5.25 Å². The number of para-hydroxylation sites is 1. The lowest BCUT2D eigenvalue weighted by Gasteiger charge is -2.23. The first kappa shape index (κ1) is 22.1. The Kier molecular flexibility index (Phi) is 6.27. The van der Waals surface area contributed by atoms with E-state index in [-0.39, 0.29) is 24.3 Å². The lowest BCUT2D eigenvalue weighted by Crippen LogP contribution is -2.25. The van der Waals surface area contributed by atoms with E-state index in [4.69, 9.17) is 5.10 Å². The summed E-state index contributed by atoms with van der Waals surface area (Å²) in [4.78, 5) is 29.5. The van der Waals surface area contributed by atoms with Crippen molar-refractivity contribution in [1.29, 1.82) is 0 Å². The van der Waals surface area contributed by atoms with Crippen molar-refractivity contribution in [3.63, 3.8) is 0 Å². The van der Waals surface area contributed by atoms with Gasteiger partial charge < -0.3 is 5.32 Å². The fourth-order valence-electron chi connectivity index (χ4n) is 4.05. The van der Waals surface area contributed by atoms with Crippen molar-refractivity contribution in [2.24, 2.45) is 10.1 Å². The Morgan fingerprint density at radius 3 is 2.38 bits per heavy atom. The zero-order chi connectivity index (χ0) is 23.5. The van der Waals surface area contributed by atoms with E-state index in [2.05, 4.69) is 53.6 Å². The molecule has 0 aromatic heterocycles. The zero-order valence-electron chi connectivity index (χ0n) is 18.7. The molecule has 0 radical (unpaired) electrons. The van der Waals surface area contributed by atoms with Crippen molar-refractivity contribution in [2.75, 3.05) is 5.32 Å². The van der Waals surface area contributed by atoms with E-state index < -0.39 is 5.25 Å². The number of aryl methyl sites for hydroxylation is 1. The van der Waals surface area contributed by atoms with Gasteiger partial charge in [0.2, 0.25) is 5.91 Å². The third kappa shape index (κ3) is 4.79. The van der Waals surface area contributed by atoms with Crippen molar-refractivity contribution < 1.29 is 9.59 Å². The molecule has 2 aliphatic rings. The summed E-state index contributed by atoms with van der Waals surface area (Å²) in [7, 11) is 0. The Hall–Kier alpha value is -3.71. The summed E-state index contributed by atoms with van der Waals surface area (Å²) >= 11 is 1.31. The number of anilines is 1. The minimum atomic E-state index is -0.561. The molecule has 34 heavy (non-hydrogen) atoms. The van der Waals surface area contributed by atoms with Crippen LogP contribution in [0.4, 0.5) is 5.69 Å². The molecule has 5 rings (SSSR count). The maximum Gasteiger partial charge on any atom is 0.262 e. The van der Waals surface area contributed by atoms with E-state index >= 15 is 0 Å². The number of carbonyl (C=O) groups is 2. The SMILES string of the molecule is Cc1ccc(C2=NN(C3=NC(=O)[C@@H](CC(=O)Nc4ccccc4)S3)[C@@H](c3ccccc3)C2)cc1. The topological polar surface area (TPSA) is 74.1 Å². The molecule has 7 heteroatoms. The molecule has 3 aromatic carbocycles. The van der Waals surface area contributed by atoms with Crippen LogP contribution < -0.4 is 5.32 Å². The molecule has 2 atom stereocenters. The van der Waals surface area contributed by atoms with Crippen LogP contribution in [0.3, 0.4) is 0 Å². The van der Waals surface area contributed by atoms with Crippen LogP contribution in [-0.4, -0.2) is 33.0 Å². The number of amides is 2. The average Bonchev–Trinajstić information content (AvgIpc) is 3.45. The Morgan fingerprint density at radius 2 is 1.68 bits per heavy atom. The third-order valence-corrected chi connectivity index (χ3v) is 6.97. The molecule has 6 nitrogen and oxygen atoms in total. The van der Waals surface area contributed by atoms with Gasteiger partial charge >= 0.3 is 0 Å². The summed E-state index contributed by atoms with van der Waals surface area (Å²) in [5.41, 5.74) is 5.02. The van der Waals surface area contributed by atoms with Crippen LogP contribution in [0.2, 0.25) is 0 Å². The van der Waals surface area contributed by atoms with Gasteiger partial charge in [-0.2, -0.15) is 10.1 Å². The molecule has 0 bridgehead atoms. The molecule has 0 saturated heterocycles. The Balaban J connectivity index is 1.35. The van der Waals surface area contributed by atoms with Crippen molar-refractivity contribution in [3.8, 4) is 0 Å². The standard InChI is InChI=1S/C27H24N4O2S/c1-18-12-14-19(15-13-18)22-16-23(20-8-4-2-5-9-20)31(30-22)27-29-26(33)24(34-27)17-25(32)28-21-10-6-3-7-11-21/h2-15,23-24H,16-17H2,1H3,(H,28,32)/t23-,24-/m1/s1. The van der Waals surface area contributed by atoms with Gasteiger partial charge in [-0.25, -0.2) is 5.01 Å². The Bertz CT molecular complexity index is 1260. The summed E-state index contributed by atoms with van der Waals surface area (Å²) in [6.45, 7) is 2.06. The van der Waals surface area contributed by atoms with E-state index in [1.807, 2.05) is 53.5 Å². The quantitative estimate of drug-likeness (QED) is 0.560. The smallest absolute Gasteiger partial charge is 0.262 e. The monoisotopic (exact) mass is 468 g/mol. The number of amidine groups is 1. The van der Waals surface area contributed by atoms with Crippen LogP contribution in [0.1, 0.15) is 35.6 Å². The highest BCUT2D eigenvalue weighted by molar-refractivity contribution is 8.15. The van der Waals surface area contributed by atoms with Crippen molar-refractivity contribution in [1.82, 2.24) is 5.01 Å². The number of carbonyl (C=O) groups excluding carboxylic acids is 2. The van der Waals surface area contributed by atoms with Gasteiger partial charge in [-0.1, -0.05) is 90.1 Å². The predicted octanol–water partition coefficient (Wildman–Crippen LogP) is 5.17. The van der Waals surface area contributed by atoms with Crippen LogP contribution in [0, 0.1) is 6.92 Å².